The number of benzene rings is 3. The van der Waals surface area contributed by atoms with E-state index in [9.17, 15) is 13.2 Å². The molecule has 0 aliphatic rings. The van der Waals surface area contributed by atoms with E-state index in [4.69, 9.17) is 0 Å². The van der Waals surface area contributed by atoms with Crippen LogP contribution in [-0.4, -0.2) is 33.7 Å². The van der Waals surface area contributed by atoms with E-state index in [2.05, 4.69) is 17.4 Å². The van der Waals surface area contributed by atoms with Crippen LogP contribution in [0.3, 0.4) is 0 Å². The monoisotopic (exact) mass is 440 g/mol. The summed E-state index contributed by atoms with van der Waals surface area (Å²) in [7, 11) is -2.26. The Kier molecular flexibility index (Phi) is 7.54. The molecule has 0 aromatic heterocycles. The first-order valence-electron chi connectivity index (χ1n) is 9.58. The fraction of sp³-hybridized carbons (Fsp3) is 0.174. The highest BCUT2D eigenvalue weighted by Crippen LogP contribution is 2.22. The summed E-state index contributed by atoms with van der Waals surface area (Å²) < 4.78 is 27.1. The van der Waals surface area contributed by atoms with Crippen LogP contribution in [0.5, 0.6) is 0 Å². The van der Waals surface area contributed by atoms with Crippen LogP contribution >= 0.6 is 11.8 Å². The summed E-state index contributed by atoms with van der Waals surface area (Å²) in [4.78, 5) is 13.8. The highest BCUT2D eigenvalue weighted by Gasteiger charge is 2.22. The van der Waals surface area contributed by atoms with Crippen molar-refractivity contribution < 1.29 is 13.2 Å². The van der Waals surface area contributed by atoms with Crippen LogP contribution in [0.15, 0.2) is 94.7 Å². The predicted molar refractivity (Wildman–Crippen MR) is 123 cm³/mol. The Morgan fingerprint density at radius 1 is 0.933 bits per heavy atom. The van der Waals surface area contributed by atoms with Gasteiger partial charge in [-0.2, -0.15) is 0 Å². The Morgan fingerprint density at radius 3 is 2.30 bits per heavy atom. The summed E-state index contributed by atoms with van der Waals surface area (Å²) in [6, 6.07) is 25.1. The molecule has 0 radical (unpaired) electrons. The number of hydrogen-bond acceptors (Lipinski definition) is 4. The third-order valence-electron chi connectivity index (χ3n) is 4.49. The Labute approximate surface area is 182 Å². The van der Waals surface area contributed by atoms with Gasteiger partial charge in [0.2, 0.25) is 0 Å². The number of amides is 1. The van der Waals surface area contributed by atoms with E-state index in [1.165, 1.54) is 28.4 Å². The minimum atomic E-state index is -3.76. The zero-order valence-corrected chi connectivity index (χ0v) is 18.3. The molecule has 0 saturated heterocycles. The molecule has 3 aromatic rings. The topological polar surface area (TPSA) is 66.5 Å². The molecule has 30 heavy (non-hydrogen) atoms. The standard InChI is InChI=1S/C23H24N2O3S2/c1-25(20-11-4-2-5-12-20)30(27,28)22-15-8-10-19(18-22)23(26)24-16-9-17-29-21-13-6-3-7-14-21/h2-8,10-15,18H,9,16-17H2,1H3,(H,24,26). The average molecular weight is 441 g/mol. The summed E-state index contributed by atoms with van der Waals surface area (Å²) in [6.07, 6.45) is 0.819. The van der Waals surface area contributed by atoms with Gasteiger partial charge in [0, 0.05) is 24.1 Å². The lowest BCUT2D eigenvalue weighted by atomic mass is 10.2. The van der Waals surface area contributed by atoms with Crippen molar-refractivity contribution in [1.29, 1.82) is 0 Å². The van der Waals surface area contributed by atoms with E-state index in [1.54, 1.807) is 48.2 Å². The molecule has 0 unspecified atom stereocenters. The Hall–Kier alpha value is -2.77. The molecule has 0 heterocycles. The van der Waals surface area contributed by atoms with Crippen LogP contribution in [0.1, 0.15) is 16.8 Å². The van der Waals surface area contributed by atoms with Gasteiger partial charge in [-0.25, -0.2) is 8.42 Å². The van der Waals surface area contributed by atoms with E-state index in [-0.39, 0.29) is 10.8 Å². The number of rotatable bonds is 9. The van der Waals surface area contributed by atoms with Gasteiger partial charge in [-0.05, 0) is 54.6 Å². The van der Waals surface area contributed by atoms with E-state index in [0.29, 0.717) is 17.8 Å². The van der Waals surface area contributed by atoms with Crippen molar-refractivity contribution in [3.05, 3.63) is 90.5 Å². The van der Waals surface area contributed by atoms with E-state index in [1.807, 2.05) is 24.3 Å². The quantitative estimate of drug-likeness (QED) is 0.395. The van der Waals surface area contributed by atoms with Crippen LogP contribution < -0.4 is 9.62 Å². The van der Waals surface area contributed by atoms with E-state index in [0.717, 1.165) is 12.2 Å². The van der Waals surface area contributed by atoms with Crippen molar-refractivity contribution >= 4 is 33.4 Å². The maximum Gasteiger partial charge on any atom is 0.264 e. The first-order valence-corrected chi connectivity index (χ1v) is 12.0. The zero-order chi connectivity index (χ0) is 21.4. The van der Waals surface area contributed by atoms with Crippen molar-refractivity contribution in [2.45, 2.75) is 16.2 Å². The molecule has 0 fully saturated rings. The van der Waals surface area contributed by atoms with E-state index >= 15 is 0 Å². The lowest BCUT2D eigenvalue weighted by Crippen LogP contribution is -2.28. The first kappa shape index (κ1) is 21.9. The van der Waals surface area contributed by atoms with Gasteiger partial charge in [0.1, 0.15) is 0 Å². The Bertz CT molecular complexity index is 1070. The lowest BCUT2D eigenvalue weighted by molar-refractivity contribution is 0.0953. The number of anilines is 1. The normalized spacial score (nSPS) is 11.1. The van der Waals surface area contributed by atoms with Crippen molar-refractivity contribution in [2.24, 2.45) is 0 Å². The van der Waals surface area contributed by atoms with Crippen molar-refractivity contribution in [3.8, 4) is 0 Å². The SMILES string of the molecule is CN(c1ccccc1)S(=O)(=O)c1cccc(C(=O)NCCCSc2ccccc2)c1. The molecule has 0 atom stereocenters. The zero-order valence-electron chi connectivity index (χ0n) is 16.7. The second-order valence-electron chi connectivity index (χ2n) is 6.61. The van der Waals surface area contributed by atoms with Crippen molar-refractivity contribution in [2.75, 3.05) is 23.7 Å². The number of sulfonamides is 1. The summed E-state index contributed by atoms with van der Waals surface area (Å²) in [5.74, 6) is 0.611. The Morgan fingerprint density at radius 2 is 1.60 bits per heavy atom. The first-order chi connectivity index (χ1) is 14.5. The van der Waals surface area contributed by atoms with Gasteiger partial charge in [-0.3, -0.25) is 9.10 Å². The average Bonchev–Trinajstić information content (AvgIpc) is 2.79. The van der Waals surface area contributed by atoms with E-state index < -0.39 is 10.0 Å². The smallest absolute Gasteiger partial charge is 0.264 e. The highest BCUT2D eigenvalue weighted by atomic mass is 32.2. The molecule has 1 amide bonds. The van der Waals surface area contributed by atoms with Gasteiger partial charge < -0.3 is 5.32 Å². The third-order valence-corrected chi connectivity index (χ3v) is 7.37. The van der Waals surface area contributed by atoms with Crippen LogP contribution in [0.2, 0.25) is 0 Å². The fourth-order valence-electron chi connectivity index (χ4n) is 2.82. The molecule has 7 heteroatoms. The molecule has 0 saturated carbocycles. The number of hydrogen-bond donors (Lipinski definition) is 1. The minimum absolute atomic E-state index is 0.0844. The molecule has 0 bridgehead atoms. The maximum atomic E-state index is 12.9. The fourth-order valence-corrected chi connectivity index (χ4v) is 4.93. The largest absolute Gasteiger partial charge is 0.352 e. The number of carbonyl (C=O) groups excluding carboxylic acids is 1. The minimum Gasteiger partial charge on any atom is -0.352 e. The lowest BCUT2D eigenvalue weighted by Gasteiger charge is -2.19. The molecular formula is C23H24N2O3S2. The van der Waals surface area contributed by atoms with Gasteiger partial charge in [-0.15, -0.1) is 11.8 Å². The predicted octanol–water partition coefficient (Wildman–Crippen LogP) is 4.42. The maximum absolute atomic E-state index is 12.9. The van der Waals surface area contributed by atoms with Gasteiger partial charge in [0.25, 0.3) is 15.9 Å². The number of carbonyl (C=O) groups is 1. The molecule has 156 valence electrons. The number of para-hydroxylation sites is 1. The highest BCUT2D eigenvalue weighted by molar-refractivity contribution is 7.99. The van der Waals surface area contributed by atoms with Gasteiger partial charge in [0.15, 0.2) is 0 Å². The second-order valence-corrected chi connectivity index (χ2v) is 9.74. The van der Waals surface area contributed by atoms with Crippen LogP contribution in [-0.2, 0) is 10.0 Å². The van der Waals surface area contributed by atoms with Crippen molar-refractivity contribution in [3.63, 3.8) is 0 Å². The third kappa shape index (κ3) is 5.64. The number of thioether (sulfide) groups is 1. The molecule has 0 aliphatic carbocycles. The van der Waals surface area contributed by atoms with Gasteiger partial charge >= 0.3 is 0 Å². The van der Waals surface area contributed by atoms with Crippen LogP contribution in [0.4, 0.5) is 5.69 Å². The molecule has 5 nitrogen and oxygen atoms in total. The molecule has 0 aliphatic heterocycles. The Balaban J connectivity index is 1.58. The molecular weight excluding hydrogens is 416 g/mol. The summed E-state index contributed by atoms with van der Waals surface area (Å²) >= 11 is 1.74. The van der Waals surface area contributed by atoms with Gasteiger partial charge in [0.05, 0.1) is 10.6 Å². The summed E-state index contributed by atoms with van der Waals surface area (Å²) in [5, 5.41) is 2.86. The van der Waals surface area contributed by atoms with Crippen molar-refractivity contribution in [1.82, 2.24) is 5.32 Å². The summed E-state index contributed by atoms with van der Waals surface area (Å²) in [5.41, 5.74) is 0.886. The summed E-state index contributed by atoms with van der Waals surface area (Å²) in [6.45, 7) is 0.527. The molecule has 0 spiro atoms. The second kappa shape index (κ2) is 10.3. The van der Waals surface area contributed by atoms with Crippen LogP contribution in [0.25, 0.3) is 0 Å². The van der Waals surface area contributed by atoms with Gasteiger partial charge in [-0.1, -0.05) is 42.5 Å². The molecule has 3 rings (SSSR count). The number of nitrogens with zero attached hydrogens (tertiary/aromatic N) is 1. The van der Waals surface area contributed by atoms with Crippen LogP contribution in [0, 0.1) is 0 Å². The molecule has 1 N–H and O–H groups in total. The molecule has 3 aromatic carbocycles. The number of nitrogens with one attached hydrogen (secondary N) is 1.